The largest absolute Gasteiger partial charge is 0.396 e. The van der Waals surface area contributed by atoms with Gasteiger partial charge in [-0.2, -0.15) is 0 Å². The van der Waals surface area contributed by atoms with Crippen LogP contribution in [0.3, 0.4) is 0 Å². The molecule has 0 spiro atoms. The van der Waals surface area contributed by atoms with Crippen LogP contribution < -0.4 is 0 Å². The topological polar surface area (TPSA) is 49.7 Å². The van der Waals surface area contributed by atoms with E-state index in [1.165, 1.54) is 0 Å². The van der Waals surface area contributed by atoms with Gasteiger partial charge in [0.2, 0.25) is 0 Å². The number of ether oxygens (including phenoxy) is 1. The van der Waals surface area contributed by atoms with Gasteiger partial charge in [-0.3, -0.25) is 0 Å². The summed E-state index contributed by atoms with van der Waals surface area (Å²) in [5.74, 6) is 0. The maximum Gasteiger partial charge on any atom is 0.0758 e. The van der Waals surface area contributed by atoms with Crippen molar-refractivity contribution in [2.45, 2.75) is 38.7 Å². The molecule has 2 rings (SSSR count). The molecule has 0 bridgehead atoms. The molecule has 2 fully saturated rings. The average Bonchev–Trinajstić information content (AvgIpc) is 2.49. The van der Waals surface area contributed by atoms with Gasteiger partial charge >= 0.3 is 0 Å². The highest BCUT2D eigenvalue weighted by atomic mass is 16.5. The molecular formula is C11H20O3. The molecule has 1 aliphatic carbocycles. The number of rotatable bonds is 2. The minimum atomic E-state index is -0.693. The summed E-state index contributed by atoms with van der Waals surface area (Å²) in [5, 5.41) is 19.9. The highest BCUT2D eigenvalue weighted by Gasteiger charge is 2.61. The lowest BCUT2D eigenvalue weighted by molar-refractivity contribution is -0.205. The third kappa shape index (κ3) is 1.30. The minimum absolute atomic E-state index is 0.0413. The maximum atomic E-state index is 10.5. The van der Waals surface area contributed by atoms with Gasteiger partial charge in [-0.05, 0) is 24.7 Å². The van der Waals surface area contributed by atoms with Gasteiger partial charge in [0.05, 0.1) is 18.8 Å². The van der Waals surface area contributed by atoms with Crippen molar-refractivity contribution in [3.05, 3.63) is 0 Å². The molecular weight excluding hydrogens is 180 g/mol. The van der Waals surface area contributed by atoms with Crippen molar-refractivity contribution < 1.29 is 14.9 Å². The number of hydrogen-bond acceptors (Lipinski definition) is 3. The van der Waals surface area contributed by atoms with Crippen molar-refractivity contribution in [3.8, 4) is 0 Å². The van der Waals surface area contributed by atoms with E-state index >= 15 is 0 Å². The Labute approximate surface area is 85.1 Å². The molecule has 0 aromatic heterocycles. The SMILES string of the molecule is CC1(C)CC(O)(C2(CO)CCOC2)C1. The predicted octanol–water partition coefficient (Wildman–Crippen LogP) is 0.936. The second-order valence-corrected chi connectivity index (χ2v) is 5.79. The zero-order valence-corrected chi connectivity index (χ0v) is 9.05. The highest BCUT2D eigenvalue weighted by Crippen LogP contribution is 2.58. The lowest BCUT2D eigenvalue weighted by atomic mass is 9.51. The molecule has 1 unspecified atom stereocenters. The summed E-state index contributed by atoms with van der Waals surface area (Å²) in [6.45, 7) is 5.53. The molecule has 82 valence electrons. The minimum Gasteiger partial charge on any atom is -0.396 e. The Morgan fingerprint density at radius 2 is 1.93 bits per heavy atom. The quantitative estimate of drug-likeness (QED) is 0.697. The van der Waals surface area contributed by atoms with Crippen molar-refractivity contribution in [1.29, 1.82) is 0 Å². The van der Waals surface area contributed by atoms with E-state index in [-0.39, 0.29) is 17.4 Å². The summed E-state index contributed by atoms with van der Waals surface area (Å²) in [5.41, 5.74) is -0.857. The van der Waals surface area contributed by atoms with Crippen LogP contribution in [0.5, 0.6) is 0 Å². The number of aliphatic hydroxyl groups excluding tert-OH is 1. The standard InChI is InChI=1S/C11H20O3/c1-9(2)5-11(13,6-9)10(7-12)3-4-14-8-10/h12-13H,3-8H2,1-2H3. The predicted molar refractivity (Wildman–Crippen MR) is 52.9 cm³/mol. The van der Waals surface area contributed by atoms with E-state index in [1.807, 2.05) is 0 Å². The van der Waals surface area contributed by atoms with Gasteiger partial charge in [-0.15, -0.1) is 0 Å². The molecule has 0 radical (unpaired) electrons. The number of aliphatic hydroxyl groups is 2. The van der Waals surface area contributed by atoms with Crippen LogP contribution in [0.4, 0.5) is 0 Å². The summed E-state index contributed by atoms with van der Waals surface area (Å²) < 4.78 is 5.32. The van der Waals surface area contributed by atoms with Gasteiger partial charge in [-0.1, -0.05) is 13.8 Å². The van der Waals surface area contributed by atoms with E-state index in [0.29, 0.717) is 13.2 Å². The van der Waals surface area contributed by atoms with Crippen molar-refractivity contribution in [3.63, 3.8) is 0 Å². The van der Waals surface area contributed by atoms with Crippen LogP contribution in [0.15, 0.2) is 0 Å². The first kappa shape index (κ1) is 10.4. The summed E-state index contributed by atoms with van der Waals surface area (Å²) in [6, 6.07) is 0. The Morgan fingerprint density at radius 3 is 2.29 bits per heavy atom. The van der Waals surface area contributed by atoms with Crippen LogP contribution in [-0.2, 0) is 4.74 Å². The molecule has 2 N–H and O–H groups in total. The van der Waals surface area contributed by atoms with Crippen molar-refractivity contribution in [2.24, 2.45) is 10.8 Å². The first-order chi connectivity index (χ1) is 6.43. The van der Waals surface area contributed by atoms with Crippen molar-refractivity contribution in [1.82, 2.24) is 0 Å². The summed E-state index contributed by atoms with van der Waals surface area (Å²) >= 11 is 0. The Hall–Kier alpha value is -0.120. The Kier molecular flexibility index (Phi) is 2.18. The summed E-state index contributed by atoms with van der Waals surface area (Å²) in [6.07, 6.45) is 2.35. The van der Waals surface area contributed by atoms with Gasteiger partial charge < -0.3 is 14.9 Å². The van der Waals surface area contributed by atoms with Gasteiger partial charge in [0.25, 0.3) is 0 Å². The third-order valence-corrected chi connectivity index (χ3v) is 3.94. The molecule has 1 saturated carbocycles. The Bertz CT molecular complexity index is 221. The van der Waals surface area contributed by atoms with Crippen molar-refractivity contribution in [2.75, 3.05) is 19.8 Å². The molecule has 3 heteroatoms. The molecule has 0 amide bonds. The fourth-order valence-electron chi connectivity index (χ4n) is 3.15. The van der Waals surface area contributed by atoms with Gasteiger partial charge in [0.1, 0.15) is 0 Å². The smallest absolute Gasteiger partial charge is 0.0758 e. The second kappa shape index (κ2) is 2.94. The normalized spacial score (nSPS) is 39.4. The number of hydrogen-bond donors (Lipinski definition) is 2. The van der Waals surface area contributed by atoms with Crippen LogP contribution in [0.1, 0.15) is 33.1 Å². The van der Waals surface area contributed by atoms with Crippen LogP contribution in [0.25, 0.3) is 0 Å². The zero-order chi connectivity index (χ0) is 10.4. The molecule has 14 heavy (non-hydrogen) atoms. The summed E-state index contributed by atoms with van der Waals surface area (Å²) in [7, 11) is 0. The van der Waals surface area contributed by atoms with E-state index in [1.54, 1.807) is 0 Å². The van der Waals surface area contributed by atoms with Crippen LogP contribution in [0.2, 0.25) is 0 Å². The first-order valence-electron chi connectivity index (χ1n) is 5.34. The summed E-state index contributed by atoms with van der Waals surface area (Å²) in [4.78, 5) is 0. The lowest BCUT2D eigenvalue weighted by Gasteiger charge is -2.57. The fourth-order valence-corrected chi connectivity index (χ4v) is 3.15. The van der Waals surface area contributed by atoms with E-state index in [0.717, 1.165) is 19.3 Å². The van der Waals surface area contributed by atoms with Crippen LogP contribution >= 0.6 is 0 Å². The van der Waals surface area contributed by atoms with Crippen LogP contribution in [-0.4, -0.2) is 35.6 Å². The Balaban J connectivity index is 2.13. The molecule has 1 aliphatic heterocycles. The van der Waals surface area contributed by atoms with Gasteiger partial charge in [-0.25, -0.2) is 0 Å². The van der Waals surface area contributed by atoms with Crippen molar-refractivity contribution >= 4 is 0 Å². The lowest BCUT2D eigenvalue weighted by Crippen LogP contribution is -2.62. The molecule has 1 atom stereocenters. The maximum absolute atomic E-state index is 10.5. The van der Waals surface area contributed by atoms with Crippen LogP contribution in [0, 0.1) is 10.8 Å². The molecule has 1 saturated heterocycles. The third-order valence-electron chi connectivity index (χ3n) is 3.94. The molecule has 0 aromatic rings. The zero-order valence-electron chi connectivity index (χ0n) is 9.05. The van der Waals surface area contributed by atoms with Gasteiger partial charge in [0, 0.05) is 12.0 Å². The van der Waals surface area contributed by atoms with Gasteiger partial charge in [0.15, 0.2) is 0 Å². The Morgan fingerprint density at radius 1 is 1.29 bits per heavy atom. The first-order valence-corrected chi connectivity index (χ1v) is 5.34. The van der Waals surface area contributed by atoms with E-state index in [9.17, 15) is 10.2 Å². The average molecular weight is 200 g/mol. The molecule has 1 heterocycles. The molecule has 3 nitrogen and oxygen atoms in total. The highest BCUT2D eigenvalue weighted by molar-refractivity contribution is 5.11. The fraction of sp³-hybridized carbons (Fsp3) is 1.00. The monoisotopic (exact) mass is 200 g/mol. The van der Waals surface area contributed by atoms with E-state index in [2.05, 4.69) is 13.8 Å². The molecule has 2 aliphatic rings. The van der Waals surface area contributed by atoms with E-state index in [4.69, 9.17) is 4.74 Å². The second-order valence-electron chi connectivity index (χ2n) is 5.79. The van der Waals surface area contributed by atoms with E-state index < -0.39 is 5.60 Å². The molecule has 0 aromatic carbocycles.